The fourth-order valence-corrected chi connectivity index (χ4v) is 3.13. The Balaban J connectivity index is 0.00000208. The second kappa shape index (κ2) is 9.41. The average molecular weight is 449 g/mol. The number of likely N-dealkylation sites (tertiary alicyclic amines) is 1. The van der Waals surface area contributed by atoms with E-state index in [1.165, 1.54) is 37.8 Å². The Bertz CT molecular complexity index is 575. The molecule has 0 saturated carbocycles. The third-order valence-corrected chi connectivity index (χ3v) is 4.34. The predicted octanol–water partition coefficient (Wildman–Crippen LogP) is 3.04. The molecule has 1 saturated heterocycles. The Kier molecular flexibility index (Phi) is 7.54. The number of aliphatic imine (C=N–C) groups is 1. The van der Waals surface area contributed by atoms with Gasteiger partial charge in [0.2, 0.25) is 0 Å². The van der Waals surface area contributed by atoms with Crippen LogP contribution < -0.4 is 10.5 Å². The van der Waals surface area contributed by atoms with Crippen LogP contribution in [0.1, 0.15) is 36.8 Å². The minimum Gasteiger partial charge on any atom is -0.467 e. The maximum absolute atomic E-state index is 13.7. The minimum absolute atomic E-state index is 0. The highest BCUT2D eigenvalue weighted by Gasteiger charge is 2.17. The molecule has 134 valence electrons. The van der Waals surface area contributed by atoms with Crippen molar-refractivity contribution < 1.29 is 13.9 Å². The minimum atomic E-state index is -0.266. The third kappa shape index (κ3) is 4.95. The van der Waals surface area contributed by atoms with Crippen molar-refractivity contribution in [3.8, 4) is 5.75 Å². The van der Waals surface area contributed by atoms with Gasteiger partial charge in [-0.05, 0) is 37.0 Å². The molecule has 2 aliphatic rings. The second-order valence-corrected chi connectivity index (χ2v) is 6.05. The van der Waals surface area contributed by atoms with Gasteiger partial charge in [0.1, 0.15) is 11.6 Å². The van der Waals surface area contributed by atoms with Gasteiger partial charge in [0.25, 0.3) is 0 Å². The molecule has 7 heteroatoms. The van der Waals surface area contributed by atoms with Crippen LogP contribution >= 0.6 is 24.0 Å². The van der Waals surface area contributed by atoms with Crippen molar-refractivity contribution in [1.82, 2.24) is 4.90 Å². The number of benzene rings is 1. The third-order valence-electron chi connectivity index (χ3n) is 4.34. The van der Waals surface area contributed by atoms with Gasteiger partial charge < -0.3 is 20.1 Å². The van der Waals surface area contributed by atoms with Crippen molar-refractivity contribution in [2.24, 2.45) is 10.7 Å². The molecule has 0 atom stereocenters. The van der Waals surface area contributed by atoms with Crippen LogP contribution in [0.15, 0.2) is 17.1 Å². The first-order valence-electron chi connectivity index (χ1n) is 8.31. The van der Waals surface area contributed by atoms with Gasteiger partial charge in [0.05, 0.1) is 6.61 Å². The van der Waals surface area contributed by atoms with E-state index in [2.05, 4.69) is 9.89 Å². The molecule has 0 spiro atoms. The summed E-state index contributed by atoms with van der Waals surface area (Å²) in [6.07, 6.45) is 5.47. The Labute approximate surface area is 159 Å². The largest absolute Gasteiger partial charge is 0.467 e. The lowest BCUT2D eigenvalue weighted by atomic mass is 10.1. The molecular formula is C17H25FIN3O2. The molecule has 2 N–H and O–H groups in total. The van der Waals surface area contributed by atoms with E-state index in [1.807, 2.05) is 0 Å². The Morgan fingerprint density at radius 2 is 1.96 bits per heavy atom. The first-order valence-corrected chi connectivity index (χ1v) is 8.31. The zero-order chi connectivity index (χ0) is 16.1. The standard InChI is InChI=1S/C17H24FN3O2.HI/c18-15-9-13(16-14(10-15)11-22-12-23-16)5-6-20-17(19)21-7-3-1-2-4-8-21;/h9-10H,1-8,11-12H2,(H2,19,20);1H. The second-order valence-electron chi connectivity index (χ2n) is 6.05. The van der Waals surface area contributed by atoms with Crippen LogP contribution in [0, 0.1) is 5.82 Å². The number of hydrogen-bond donors (Lipinski definition) is 1. The van der Waals surface area contributed by atoms with Crippen molar-refractivity contribution in [2.75, 3.05) is 26.4 Å². The molecule has 0 aliphatic carbocycles. The lowest BCUT2D eigenvalue weighted by molar-refractivity contribution is -0.0172. The maximum atomic E-state index is 13.7. The summed E-state index contributed by atoms with van der Waals surface area (Å²) in [6.45, 7) is 3.09. The van der Waals surface area contributed by atoms with Gasteiger partial charge in [-0.25, -0.2) is 4.39 Å². The number of halogens is 2. The summed E-state index contributed by atoms with van der Waals surface area (Å²) in [7, 11) is 0. The summed E-state index contributed by atoms with van der Waals surface area (Å²) in [5, 5.41) is 0. The van der Waals surface area contributed by atoms with Crippen molar-refractivity contribution in [2.45, 2.75) is 38.7 Å². The molecule has 0 amide bonds. The van der Waals surface area contributed by atoms with Crippen LogP contribution in [-0.4, -0.2) is 37.3 Å². The molecule has 0 unspecified atom stereocenters. The number of fused-ring (bicyclic) bond motifs is 1. The lowest BCUT2D eigenvalue weighted by Gasteiger charge is -2.22. The van der Waals surface area contributed by atoms with E-state index in [9.17, 15) is 4.39 Å². The van der Waals surface area contributed by atoms with E-state index in [0.29, 0.717) is 25.5 Å². The normalized spacial score (nSPS) is 18.2. The highest BCUT2D eigenvalue weighted by Crippen LogP contribution is 2.29. The smallest absolute Gasteiger partial charge is 0.191 e. The monoisotopic (exact) mass is 449 g/mol. The predicted molar refractivity (Wildman–Crippen MR) is 102 cm³/mol. The molecule has 3 rings (SSSR count). The summed E-state index contributed by atoms with van der Waals surface area (Å²) in [6, 6.07) is 2.98. The van der Waals surface area contributed by atoms with E-state index < -0.39 is 0 Å². The van der Waals surface area contributed by atoms with Gasteiger partial charge in [0.15, 0.2) is 12.8 Å². The van der Waals surface area contributed by atoms with Crippen LogP contribution in [0.4, 0.5) is 4.39 Å². The van der Waals surface area contributed by atoms with Crippen molar-refractivity contribution in [1.29, 1.82) is 0 Å². The fourth-order valence-electron chi connectivity index (χ4n) is 3.13. The number of rotatable bonds is 3. The van der Waals surface area contributed by atoms with Crippen LogP contribution in [0.3, 0.4) is 0 Å². The summed E-state index contributed by atoms with van der Waals surface area (Å²) >= 11 is 0. The van der Waals surface area contributed by atoms with Gasteiger partial charge in [0, 0.05) is 25.2 Å². The van der Waals surface area contributed by atoms with Crippen LogP contribution in [0.5, 0.6) is 5.75 Å². The van der Waals surface area contributed by atoms with E-state index >= 15 is 0 Å². The quantitative estimate of drug-likeness (QED) is 0.438. The van der Waals surface area contributed by atoms with Crippen LogP contribution in [0.25, 0.3) is 0 Å². The zero-order valence-electron chi connectivity index (χ0n) is 13.8. The first-order chi connectivity index (χ1) is 11.2. The summed E-state index contributed by atoms with van der Waals surface area (Å²) in [4.78, 5) is 6.63. The van der Waals surface area contributed by atoms with Gasteiger partial charge in [-0.15, -0.1) is 24.0 Å². The number of nitrogens with zero attached hydrogens (tertiary/aromatic N) is 2. The number of hydrogen-bond acceptors (Lipinski definition) is 3. The number of nitrogens with two attached hydrogens (primary N) is 1. The molecule has 5 nitrogen and oxygen atoms in total. The molecule has 0 bridgehead atoms. The lowest BCUT2D eigenvalue weighted by Crippen LogP contribution is -2.38. The van der Waals surface area contributed by atoms with Gasteiger partial charge in [-0.1, -0.05) is 12.8 Å². The number of guanidine groups is 1. The Morgan fingerprint density at radius 1 is 1.21 bits per heavy atom. The molecule has 1 aromatic carbocycles. The van der Waals surface area contributed by atoms with E-state index in [0.717, 1.165) is 30.0 Å². The summed E-state index contributed by atoms with van der Waals surface area (Å²) < 4.78 is 24.4. The molecule has 1 fully saturated rings. The molecule has 2 heterocycles. The van der Waals surface area contributed by atoms with Gasteiger partial charge in [-0.3, -0.25) is 4.99 Å². The summed E-state index contributed by atoms with van der Waals surface area (Å²) in [5.74, 6) is 1.07. The highest BCUT2D eigenvalue weighted by atomic mass is 127. The molecule has 1 aromatic rings. The van der Waals surface area contributed by atoms with Crippen molar-refractivity contribution >= 4 is 29.9 Å². The number of ether oxygens (including phenoxy) is 2. The molecule has 0 radical (unpaired) electrons. The Hall–Kier alpha value is -1.09. The topological polar surface area (TPSA) is 60.1 Å². The van der Waals surface area contributed by atoms with E-state index in [1.54, 1.807) is 0 Å². The molecule has 0 aromatic heterocycles. The van der Waals surface area contributed by atoms with Crippen LogP contribution in [0.2, 0.25) is 0 Å². The molecule has 24 heavy (non-hydrogen) atoms. The maximum Gasteiger partial charge on any atom is 0.191 e. The summed E-state index contributed by atoms with van der Waals surface area (Å²) in [5.41, 5.74) is 7.69. The first kappa shape index (κ1) is 19.2. The fraction of sp³-hybridized carbons (Fsp3) is 0.588. The van der Waals surface area contributed by atoms with Crippen LogP contribution in [-0.2, 0) is 17.8 Å². The van der Waals surface area contributed by atoms with Gasteiger partial charge >= 0.3 is 0 Å². The Morgan fingerprint density at radius 3 is 2.71 bits per heavy atom. The molecular weight excluding hydrogens is 424 g/mol. The van der Waals surface area contributed by atoms with Gasteiger partial charge in [-0.2, -0.15) is 0 Å². The van der Waals surface area contributed by atoms with E-state index in [4.69, 9.17) is 15.2 Å². The van der Waals surface area contributed by atoms with Crippen molar-refractivity contribution in [3.63, 3.8) is 0 Å². The van der Waals surface area contributed by atoms with E-state index in [-0.39, 0.29) is 36.6 Å². The average Bonchev–Trinajstić information content (AvgIpc) is 2.84. The highest BCUT2D eigenvalue weighted by molar-refractivity contribution is 14.0. The zero-order valence-corrected chi connectivity index (χ0v) is 16.1. The molecule has 2 aliphatic heterocycles. The SMILES string of the molecule is I.NC(=NCCc1cc(F)cc2c1OCOC2)N1CCCCCC1. The van der Waals surface area contributed by atoms with Crippen molar-refractivity contribution in [3.05, 3.63) is 29.1 Å².